The lowest BCUT2D eigenvalue weighted by molar-refractivity contribution is -0.870. The van der Waals surface area contributed by atoms with E-state index in [9.17, 15) is 19.4 Å². The zero-order valence-corrected chi connectivity index (χ0v) is 47.0. The van der Waals surface area contributed by atoms with E-state index in [0.717, 1.165) is 96.3 Å². The largest absolute Gasteiger partial charge is 0.756 e. The summed E-state index contributed by atoms with van der Waals surface area (Å²) < 4.78 is 23.2. The summed E-state index contributed by atoms with van der Waals surface area (Å²) in [4.78, 5) is 25.3. The number of rotatable bonds is 50. The molecule has 0 rings (SSSR count). The maximum absolute atomic E-state index is 12.9. The van der Waals surface area contributed by atoms with Gasteiger partial charge >= 0.3 is 0 Å². The van der Waals surface area contributed by atoms with Crippen molar-refractivity contribution in [1.29, 1.82) is 0 Å². The highest BCUT2D eigenvalue weighted by Gasteiger charge is 2.23. The number of nitrogens with zero attached hydrogens (tertiary/aromatic N) is 1. The first-order valence-electron chi connectivity index (χ1n) is 28.4. The van der Waals surface area contributed by atoms with Gasteiger partial charge in [-0.1, -0.05) is 238 Å². The molecule has 406 valence electrons. The highest BCUT2D eigenvalue weighted by molar-refractivity contribution is 7.45. The summed E-state index contributed by atoms with van der Waals surface area (Å²) in [6.07, 6.45) is 77.3. The number of carbonyl (C=O) groups is 1. The SMILES string of the molecule is CC/C=C\C/C=C\C/C=C\C/C=C\C/C=C\C/C=C\C/C=C\C/C=C\C/C=C\CCCCCCCCCCCCCCCC(=O)NC(COP(=O)([O-])OCC[N+](C)(C)C)C(O)/C=C/CCCCCCCC. The van der Waals surface area contributed by atoms with Gasteiger partial charge < -0.3 is 28.8 Å². The lowest BCUT2D eigenvalue weighted by Crippen LogP contribution is -2.45. The molecule has 3 atom stereocenters. The Morgan fingerprint density at radius 2 is 0.859 bits per heavy atom. The van der Waals surface area contributed by atoms with E-state index in [1.165, 1.54) is 96.3 Å². The maximum atomic E-state index is 12.9. The topological polar surface area (TPSA) is 108 Å². The van der Waals surface area contributed by atoms with E-state index in [4.69, 9.17) is 9.05 Å². The molecular weight excluding hydrogens is 900 g/mol. The number of phosphoric ester groups is 1. The molecule has 0 fully saturated rings. The fourth-order valence-corrected chi connectivity index (χ4v) is 8.22. The Hall–Kier alpha value is -3.10. The van der Waals surface area contributed by atoms with Crippen LogP contribution in [0, 0.1) is 0 Å². The van der Waals surface area contributed by atoms with Crippen LogP contribution in [-0.4, -0.2) is 68.5 Å². The quantitative estimate of drug-likeness (QED) is 0.0272. The van der Waals surface area contributed by atoms with Crippen LogP contribution in [-0.2, 0) is 18.4 Å². The Morgan fingerprint density at radius 3 is 1.25 bits per heavy atom. The van der Waals surface area contributed by atoms with Crippen molar-refractivity contribution < 1.29 is 32.9 Å². The van der Waals surface area contributed by atoms with Crippen LogP contribution < -0.4 is 10.2 Å². The molecule has 0 aliphatic heterocycles. The van der Waals surface area contributed by atoms with E-state index in [0.29, 0.717) is 17.4 Å². The average molecular weight is 1010 g/mol. The number of carbonyl (C=O) groups excluding carboxylic acids is 1. The van der Waals surface area contributed by atoms with Crippen LogP contribution in [0.25, 0.3) is 0 Å². The number of hydrogen-bond acceptors (Lipinski definition) is 6. The number of nitrogens with one attached hydrogen (secondary N) is 1. The zero-order valence-electron chi connectivity index (χ0n) is 46.1. The van der Waals surface area contributed by atoms with E-state index in [1.807, 2.05) is 27.2 Å². The van der Waals surface area contributed by atoms with E-state index in [-0.39, 0.29) is 19.1 Å². The van der Waals surface area contributed by atoms with Crippen LogP contribution in [0.2, 0.25) is 0 Å². The number of phosphoric acid groups is 1. The van der Waals surface area contributed by atoms with Gasteiger partial charge in [-0.05, 0) is 89.9 Å². The summed E-state index contributed by atoms with van der Waals surface area (Å²) in [7, 11) is 1.25. The molecule has 2 N–H and O–H groups in total. The van der Waals surface area contributed by atoms with E-state index in [2.05, 4.69) is 129 Å². The third-order valence-electron chi connectivity index (χ3n) is 11.9. The molecule has 9 heteroatoms. The highest BCUT2D eigenvalue weighted by atomic mass is 31.2. The molecule has 71 heavy (non-hydrogen) atoms. The Balaban J connectivity index is 3.94. The fraction of sp³-hybridized carbons (Fsp3) is 0.661. The molecule has 8 nitrogen and oxygen atoms in total. The van der Waals surface area contributed by atoms with Crippen molar-refractivity contribution in [3.8, 4) is 0 Å². The first-order valence-corrected chi connectivity index (χ1v) is 29.9. The number of aliphatic hydroxyl groups excluding tert-OH is 1. The highest BCUT2D eigenvalue weighted by Crippen LogP contribution is 2.38. The molecule has 1 amide bonds. The molecule has 0 spiro atoms. The number of hydrogen-bond donors (Lipinski definition) is 2. The van der Waals surface area contributed by atoms with Crippen molar-refractivity contribution in [3.63, 3.8) is 0 Å². The van der Waals surface area contributed by atoms with Gasteiger partial charge in [-0.3, -0.25) is 9.36 Å². The zero-order chi connectivity index (χ0) is 52.0. The van der Waals surface area contributed by atoms with E-state index in [1.54, 1.807) is 6.08 Å². The molecule has 0 bridgehead atoms. The number of allylic oxidation sites excluding steroid dienone is 19. The predicted octanol–water partition coefficient (Wildman–Crippen LogP) is 16.7. The van der Waals surface area contributed by atoms with Crippen LogP contribution in [0.1, 0.15) is 213 Å². The van der Waals surface area contributed by atoms with Crippen molar-refractivity contribution in [2.24, 2.45) is 0 Å². The van der Waals surface area contributed by atoms with Crippen molar-refractivity contribution in [3.05, 3.63) is 122 Å². The second-order valence-electron chi connectivity index (χ2n) is 19.9. The van der Waals surface area contributed by atoms with Gasteiger partial charge in [0.2, 0.25) is 5.91 Å². The van der Waals surface area contributed by atoms with Gasteiger partial charge in [0.1, 0.15) is 13.2 Å². The number of likely N-dealkylation sites (N-methyl/N-ethyl adjacent to an activating group) is 1. The minimum Gasteiger partial charge on any atom is -0.756 e. The Kier molecular flexibility index (Phi) is 49.5. The van der Waals surface area contributed by atoms with Crippen molar-refractivity contribution in [2.45, 2.75) is 225 Å². The minimum atomic E-state index is -4.59. The van der Waals surface area contributed by atoms with E-state index < -0.39 is 20.0 Å². The third-order valence-corrected chi connectivity index (χ3v) is 12.9. The lowest BCUT2D eigenvalue weighted by Gasteiger charge is -2.29. The molecule has 0 aromatic carbocycles. The molecule has 0 heterocycles. The predicted molar refractivity (Wildman–Crippen MR) is 306 cm³/mol. The van der Waals surface area contributed by atoms with Gasteiger partial charge in [-0.15, -0.1) is 0 Å². The molecule has 0 saturated carbocycles. The van der Waals surface area contributed by atoms with Gasteiger partial charge in [0, 0.05) is 6.42 Å². The summed E-state index contributed by atoms with van der Waals surface area (Å²) >= 11 is 0. The lowest BCUT2D eigenvalue weighted by atomic mass is 10.0. The van der Waals surface area contributed by atoms with Crippen LogP contribution >= 0.6 is 7.82 Å². The fourth-order valence-electron chi connectivity index (χ4n) is 7.50. The van der Waals surface area contributed by atoms with Gasteiger partial charge in [0.05, 0.1) is 39.9 Å². The summed E-state index contributed by atoms with van der Waals surface area (Å²) in [5.74, 6) is -0.207. The molecule has 0 radical (unpaired) electrons. The van der Waals surface area contributed by atoms with Gasteiger partial charge in [-0.2, -0.15) is 0 Å². The Labute approximate surface area is 437 Å². The number of aliphatic hydroxyl groups is 1. The van der Waals surface area contributed by atoms with Crippen LogP contribution in [0.5, 0.6) is 0 Å². The standard InChI is InChI=1S/C62H107N2O6P/c1-6-8-10-12-14-16-17-18-19-20-21-22-23-24-25-26-27-28-29-30-31-32-33-34-35-36-37-38-39-40-41-42-43-44-45-46-47-48-50-52-54-56-62(66)63-60(59-70-71(67,68)69-58-57-64(3,4)5)61(65)55-53-51-49-15-13-11-9-7-2/h8,10,14,16,18-19,21-22,24-25,27-28,30-31,33-34,36-37,53,55,60-61,65H,6-7,9,11-13,15,17,20,23,26,29,32,35,38-52,54,56-59H2,1-5H3,(H-,63,66,67,68)/b10-8-,16-14-,19-18-,22-21-,25-24-,28-27-,31-30-,34-33-,37-36-,55-53+. The molecule has 0 saturated heterocycles. The van der Waals surface area contributed by atoms with Crippen molar-refractivity contribution in [1.82, 2.24) is 5.32 Å². The summed E-state index contributed by atoms with van der Waals surface area (Å²) in [6.45, 7) is 4.47. The van der Waals surface area contributed by atoms with E-state index >= 15 is 0 Å². The monoisotopic (exact) mass is 1010 g/mol. The minimum absolute atomic E-state index is 0.00601. The molecule has 0 aromatic rings. The van der Waals surface area contributed by atoms with Crippen LogP contribution in [0.4, 0.5) is 0 Å². The van der Waals surface area contributed by atoms with Gasteiger partial charge in [0.15, 0.2) is 0 Å². The second-order valence-corrected chi connectivity index (χ2v) is 21.3. The van der Waals surface area contributed by atoms with Crippen molar-refractivity contribution in [2.75, 3.05) is 40.9 Å². The third kappa shape index (κ3) is 54.5. The summed E-state index contributed by atoms with van der Waals surface area (Å²) in [5, 5.41) is 13.7. The number of unbranched alkanes of at least 4 members (excludes halogenated alkanes) is 19. The Bertz CT molecular complexity index is 1560. The van der Waals surface area contributed by atoms with Gasteiger partial charge in [0.25, 0.3) is 7.82 Å². The molecule has 3 unspecified atom stereocenters. The van der Waals surface area contributed by atoms with Crippen molar-refractivity contribution >= 4 is 13.7 Å². The normalized spacial score (nSPS) is 14.9. The van der Waals surface area contributed by atoms with Gasteiger partial charge in [-0.25, -0.2) is 0 Å². The van der Waals surface area contributed by atoms with Crippen LogP contribution in [0.3, 0.4) is 0 Å². The molecule has 0 aliphatic rings. The first kappa shape index (κ1) is 67.9. The molecule has 0 aliphatic carbocycles. The second kappa shape index (κ2) is 51.8. The summed E-state index contributed by atoms with van der Waals surface area (Å²) in [5.41, 5.74) is 0. The number of amides is 1. The molecule has 0 aromatic heterocycles. The first-order chi connectivity index (χ1) is 34.5. The smallest absolute Gasteiger partial charge is 0.268 e. The summed E-state index contributed by atoms with van der Waals surface area (Å²) in [6, 6.07) is -0.891. The Morgan fingerprint density at radius 1 is 0.507 bits per heavy atom. The van der Waals surface area contributed by atoms with Crippen LogP contribution in [0.15, 0.2) is 122 Å². The molecular formula is C62H107N2O6P. The number of quaternary nitrogens is 1. The maximum Gasteiger partial charge on any atom is 0.268 e. The average Bonchev–Trinajstić information content (AvgIpc) is 3.33.